The fraction of sp³-hybridized carbons (Fsp3) is 0.500. The number of anilines is 1. The van der Waals surface area contributed by atoms with Crippen LogP contribution in [-0.4, -0.2) is 10.8 Å². The number of fused-ring (bicyclic) bond motifs is 1. The zero-order chi connectivity index (χ0) is 12.4. The summed E-state index contributed by atoms with van der Waals surface area (Å²) in [5, 5.41) is 0. The molecular formula is C14H20N2O. The largest absolute Gasteiger partial charge is 0.399 e. The van der Waals surface area contributed by atoms with Crippen molar-refractivity contribution in [3.8, 4) is 0 Å². The molecule has 0 atom stereocenters. The minimum atomic E-state index is 0.258. The average molecular weight is 232 g/mol. The van der Waals surface area contributed by atoms with Crippen LogP contribution in [0.5, 0.6) is 0 Å². The van der Waals surface area contributed by atoms with Crippen molar-refractivity contribution in [1.29, 1.82) is 0 Å². The molecular weight excluding hydrogens is 212 g/mol. The minimum Gasteiger partial charge on any atom is -0.399 e. The lowest BCUT2D eigenvalue weighted by Crippen LogP contribution is -2.25. The van der Waals surface area contributed by atoms with Crippen LogP contribution in [0, 0.1) is 5.92 Å². The van der Waals surface area contributed by atoms with Gasteiger partial charge in [-0.3, -0.25) is 4.79 Å². The van der Waals surface area contributed by atoms with Gasteiger partial charge in [-0.15, -0.1) is 0 Å². The molecule has 3 heteroatoms. The third-order valence-electron chi connectivity index (χ3n) is 3.24. The zero-order valence-corrected chi connectivity index (χ0v) is 10.6. The Morgan fingerprint density at radius 2 is 2.06 bits per heavy atom. The highest BCUT2D eigenvalue weighted by Crippen LogP contribution is 2.25. The van der Waals surface area contributed by atoms with Gasteiger partial charge in [0.2, 0.25) is 5.91 Å². The van der Waals surface area contributed by atoms with Gasteiger partial charge in [0.15, 0.2) is 0 Å². The van der Waals surface area contributed by atoms with E-state index in [4.69, 9.17) is 5.73 Å². The maximum Gasteiger partial charge on any atom is 0.223 e. The standard InChI is InChI=1S/C14H20N2O/c1-10(2)3-6-14(17)16-8-11-4-5-13(15)7-12(11)9-16/h4-5,7,10H,3,6,8-9,15H2,1-2H3. The van der Waals surface area contributed by atoms with Gasteiger partial charge in [0.1, 0.15) is 0 Å². The fourth-order valence-corrected chi connectivity index (χ4v) is 2.16. The Morgan fingerprint density at radius 1 is 1.35 bits per heavy atom. The van der Waals surface area contributed by atoms with Crippen molar-refractivity contribution in [3.05, 3.63) is 29.3 Å². The van der Waals surface area contributed by atoms with Crippen LogP contribution >= 0.6 is 0 Å². The molecule has 0 radical (unpaired) electrons. The Morgan fingerprint density at radius 3 is 2.76 bits per heavy atom. The molecule has 0 fully saturated rings. The predicted molar refractivity (Wildman–Crippen MR) is 69.2 cm³/mol. The van der Waals surface area contributed by atoms with Crippen molar-refractivity contribution in [1.82, 2.24) is 4.90 Å². The summed E-state index contributed by atoms with van der Waals surface area (Å²) in [5.41, 5.74) is 8.96. The number of carbonyl (C=O) groups is 1. The molecule has 2 rings (SSSR count). The number of amides is 1. The summed E-state index contributed by atoms with van der Waals surface area (Å²) in [6, 6.07) is 5.91. The molecule has 1 aromatic carbocycles. The van der Waals surface area contributed by atoms with Gasteiger partial charge in [-0.1, -0.05) is 19.9 Å². The SMILES string of the molecule is CC(C)CCC(=O)N1Cc2ccc(N)cc2C1. The molecule has 1 aromatic rings. The van der Waals surface area contributed by atoms with E-state index in [9.17, 15) is 4.79 Å². The first-order valence-corrected chi connectivity index (χ1v) is 6.21. The van der Waals surface area contributed by atoms with Crippen LogP contribution < -0.4 is 5.73 Å². The molecule has 2 N–H and O–H groups in total. The van der Waals surface area contributed by atoms with Gasteiger partial charge in [-0.25, -0.2) is 0 Å². The molecule has 0 aliphatic carbocycles. The predicted octanol–water partition coefficient (Wildman–Crippen LogP) is 2.55. The van der Waals surface area contributed by atoms with Crippen molar-refractivity contribution >= 4 is 11.6 Å². The van der Waals surface area contributed by atoms with Crippen molar-refractivity contribution in [2.45, 2.75) is 39.8 Å². The Hall–Kier alpha value is -1.51. The van der Waals surface area contributed by atoms with Crippen LogP contribution in [-0.2, 0) is 17.9 Å². The third-order valence-corrected chi connectivity index (χ3v) is 3.24. The normalized spacial score (nSPS) is 14.2. The highest BCUT2D eigenvalue weighted by molar-refractivity contribution is 5.77. The number of benzene rings is 1. The second-order valence-electron chi connectivity index (χ2n) is 5.21. The van der Waals surface area contributed by atoms with E-state index >= 15 is 0 Å². The number of rotatable bonds is 3. The molecule has 0 unspecified atom stereocenters. The number of hydrogen-bond acceptors (Lipinski definition) is 2. The summed E-state index contributed by atoms with van der Waals surface area (Å²) in [6.45, 7) is 5.75. The van der Waals surface area contributed by atoms with E-state index in [2.05, 4.69) is 13.8 Å². The first kappa shape index (κ1) is 12.0. The summed E-state index contributed by atoms with van der Waals surface area (Å²) in [5.74, 6) is 0.841. The summed E-state index contributed by atoms with van der Waals surface area (Å²) in [4.78, 5) is 13.9. The second kappa shape index (κ2) is 4.78. The molecule has 92 valence electrons. The van der Waals surface area contributed by atoms with E-state index in [-0.39, 0.29) is 5.91 Å². The molecule has 1 aliphatic rings. The molecule has 17 heavy (non-hydrogen) atoms. The lowest BCUT2D eigenvalue weighted by molar-refractivity contribution is -0.132. The Labute approximate surface area is 103 Å². The monoisotopic (exact) mass is 232 g/mol. The fourth-order valence-electron chi connectivity index (χ4n) is 2.16. The molecule has 1 aliphatic heterocycles. The lowest BCUT2D eigenvalue weighted by atomic mass is 10.1. The van der Waals surface area contributed by atoms with E-state index in [0.29, 0.717) is 12.3 Å². The molecule has 0 saturated carbocycles. The smallest absolute Gasteiger partial charge is 0.223 e. The number of nitrogens with zero attached hydrogens (tertiary/aromatic N) is 1. The van der Waals surface area contributed by atoms with Gasteiger partial charge in [0.25, 0.3) is 0 Å². The van der Waals surface area contributed by atoms with E-state index in [1.54, 1.807) is 0 Å². The molecule has 0 aromatic heterocycles. The average Bonchev–Trinajstić information content (AvgIpc) is 2.68. The zero-order valence-electron chi connectivity index (χ0n) is 10.6. The van der Waals surface area contributed by atoms with E-state index < -0.39 is 0 Å². The lowest BCUT2D eigenvalue weighted by Gasteiger charge is -2.15. The minimum absolute atomic E-state index is 0.258. The van der Waals surface area contributed by atoms with Gasteiger partial charge in [-0.2, -0.15) is 0 Å². The van der Waals surface area contributed by atoms with Gasteiger partial charge >= 0.3 is 0 Å². The Kier molecular flexibility index (Phi) is 3.36. The summed E-state index contributed by atoms with van der Waals surface area (Å²) < 4.78 is 0. The number of carbonyl (C=O) groups excluding carboxylic acids is 1. The number of hydrogen-bond donors (Lipinski definition) is 1. The number of nitrogens with two attached hydrogens (primary N) is 1. The van der Waals surface area contributed by atoms with Crippen LogP contribution in [0.25, 0.3) is 0 Å². The van der Waals surface area contributed by atoms with Crippen molar-refractivity contribution < 1.29 is 4.79 Å². The van der Waals surface area contributed by atoms with Gasteiger partial charge < -0.3 is 10.6 Å². The number of nitrogen functional groups attached to an aromatic ring is 1. The molecule has 3 nitrogen and oxygen atoms in total. The van der Waals surface area contributed by atoms with Crippen LogP contribution in [0.15, 0.2) is 18.2 Å². The Bertz CT molecular complexity index is 426. The summed E-state index contributed by atoms with van der Waals surface area (Å²) in [7, 11) is 0. The molecule has 1 heterocycles. The maximum absolute atomic E-state index is 12.0. The van der Waals surface area contributed by atoms with E-state index in [1.165, 1.54) is 11.1 Å². The molecule has 0 bridgehead atoms. The van der Waals surface area contributed by atoms with Gasteiger partial charge in [0, 0.05) is 25.2 Å². The maximum atomic E-state index is 12.0. The first-order chi connectivity index (χ1) is 8.06. The van der Waals surface area contributed by atoms with Gasteiger partial charge in [-0.05, 0) is 35.6 Å². The van der Waals surface area contributed by atoms with Crippen LogP contribution in [0.4, 0.5) is 5.69 Å². The highest BCUT2D eigenvalue weighted by atomic mass is 16.2. The van der Waals surface area contributed by atoms with Crippen LogP contribution in [0.2, 0.25) is 0 Å². The second-order valence-corrected chi connectivity index (χ2v) is 5.21. The third kappa shape index (κ3) is 2.78. The van der Waals surface area contributed by atoms with Crippen LogP contribution in [0.3, 0.4) is 0 Å². The quantitative estimate of drug-likeness (QED) is 0.814. The topological polar surface area (TPSA) is 46.3 Å². The van der Waals surface area contributed by atoms with Crippen molar-refractivity contribution in [3.63, 3.8) is 0 Å². The summed E-state index contributed by atoms with van der Waals surface area (Å²) >= 11 is 0. The highest BCUT2D eigenvalue weighted by Gasteiger charge is 2.22. The summed E-state index contributed by atoms with van der Waals surface area (Å²) in [6.07, 6.45) is 1.62. The first-order valence-electron chi connectivity index (χ1n) is 6.21. The van der Waals surface area contributed by atoms with E-state index in [1.807, 2.05) is 23.1 Å². The van der Waals surface area contributed by atoms with Gasteiger partial charge in [0.05, 0.1) is 0 Å². The Balaban J connectivity index is 1.97. The van der Waals surface area contributed by atoms with E-state index in [0.717, 1.165) is 25.2 Å². The van der Waals surface area contributed by atoms with Crippen molar-refractivity contribution in [2.24, 2.45) is 5.92 Å². The van der Waals surface area contributed by atoms with Crippen molar-refractivity contribution in [2.75, 3.05) is 5.73 Å². The molecule has 1 amide bonds. The molecule has 0 spiro atoms. The molecule has 0 saturated heterocycles. The van der Waals surface area contributed by atoms with Crippen LogP contribution in [0.1, 0.15) is 37.8 Å².